The van der Waals surface area contributed by atoms with Gasteiger partial charge in [0.25, 0.3) is 0 Å². The number of halogens is 2. The van der Waals surface area contributed by atoms with Crippen molar-refractivity contribution in [1.82, 2.24) is 5.32 Å². The van der Waals surface area contributed by atoms with Gasteiger partial charge in [-0.1, -0.05) is 13.0 Å². The lowest BCUT2D eigenvalue weighted by Gasteiger charge is -2.02. The van der Waals surface area contributed by atoms with Crippen molar-refractivity contribution in [3.63, 3.8) is 0 Å². The van der Waals surface area contributed by atoms with Gasteiger partial charge in [0.05, 0.1) is 4.47 Å². The van der Waals surface area contributed by atoms with Crippen LogP contribution < -0.4 is 5.32 Å². The molecule has 0 amide bonds. The molecular weight excluding hydrogens is 257 g/mol. The summed E-state index contributed by atoms with van der Waals surface area (Å²) in [6.45, 7) is 4.17. The van der Waals surface area contributed by atoms with Gasteiger partial charge in [-0.05, 0) is 65.0 Å². The van der Waals surface area contributed by atoms with Gasteiger partial charge >= 0.3 is 0 Å². The molecule has 0 aromatic heterocycles. The molecule has 82 valence electrons. The Morgan fingerprint density at radius 3 is 3.00 bits per heavy atom. The monoisotopic (exact) mass is 271 g/mol. The van der Waals surface area contributed by atoms with Gasteiger partial charge < -0.3 is 5.32 Å². The molecule has 1 aromatic rings. The first kappa shape index (κ1) is 11.1. The standard InChI is InChI=1S/C12H15BrFN/c1-2-15-7-9-5-10(9)8-3-4-11(13)12(14)6-8/h3-4,6,9-10,15H,2,5,7H2,1H3. The molecule has 2 atom stereocenters. The summed E-state index contributed by atoms with van der Waals surface area (Å²) in [6, 6.07) is 5.47. The molecule has 2 rings (SSSR count). The van der Waals surface area contributed by atoms with Crippen LogP contribution in [0.1, 0.15) is 24.8 Å². The molecule has 2 unspecified atom stereocenters. The quantitative estimate of drug-likeness (QED) is 0.886. The summed E-state index contributed by atoms with van der Waals surface area (Å²) >= 11 is 3.17. The van der Waals surface area contributed by atoms with Crippen LogP contribution in [-0.2, 0) is 0 Å². The van der Waals surface area contributed by atoms with E-state index >= 15 is 0 Å². The highest BCUT2D eigenvalue weighted by atomic mass is 79.9. The fraction of sp³-hybridized carbons (Fsp3) is 0.500. The largest absolute Gasteiger partial charge is 0.317 e. The van der Waals surface area contributed by atoms with Gasteiger partial charge in [0.1, 0.15) is 5.82 Å². The topological polar surface area (TPSA) is 12.0 Å². The van der Waals surface area contributed by atoms with Crippen LogP contribution in [0.15, 0.2) is 22.7 Å². The van der Waals surface area contributed by atoms with E-state index < -0.39 is 0 Å². The van der Waals surface area contributed by atoms with Crippen LogP contribution in [0.2, 0.25) is 0 Å². The molecule has 1 saturated carbocycles. The van der Waals surface area contributed by atoms with Crippen molar-refractivity contribution in [3.8, 4) is 0 Å². The molecule has 0 heterocycles. The highest BCUT2D eigenvalue weighted by Crippen LogP contribution is 2.47. The summed E-state index contributed by atoms with van der Waals surface area (Å²) in [6.07, 6.45) is 1.19. The maximum atomic E-state index is 13.3. The second-order valence-electron chi connectivity index (χ2n) is 4.08. The molecule has 0 saturated heterocycles. The minimum Gasteiger partial charge on any atom is -0.317 e. The number of hydrogen-bond acceptors (Lipinski definition) is 1. The van der Waals surface area contributed by atoms with Gasteiger partial charge in [-0.3, -0.25) is 0 Å². The van der Waals surface area contributed by atoms with Gasteiger partial charge in [-0.15, -0.1) is 0 Å². The van der Waals surface area contributed by atoms with E-state index in [0.717, 1.165) is 18.7 Å². The molecule has 0 radical (unpaired) electrons. The van der Waals surface area contributed by atoms with E-state index in [0.29, 0.717) is 16.3 Å². The number of nitrogens with one attached hydrogen (secondary N) is 1. The summed E-state index contributed by atoms with van der Waals surface area (Å²) < 4.78 is 13.8. The lowest BCUT2D eigenvalue weighted by atomic mass is 10.1. The first-order valence-corrected chi connectivity index (χ1v) is 6.17. The van der Waals surface area contributed by atoms with Crippen molar-refractivity contribution >= 4 is 15.9 Å². The molecule has 1 N–H and O–H groups in total. The first-order valence-electron chi connectivity index (χ1n) is 5.38. The third-order valence-electron chi connectivity index (χ3n) is 2.95. The summed E-state index contributed by atoms with van der Waals surface area (Å²) in [5, 5.41) is 3.33. The lowest BCUT2D eigenvalue weighted by molar-refractivity contribution is 0.615. The van der Waals surface area contributed by atoms with Crippen LogP contribution in [0, 0.1) is 11.7 Å². The van der Waals surface area contributed by atoms with Crippen LogP contribution in [0.4, 0.5) is 4.39 Å². The highest BCUT2D eigenvalue weighted by Gasteiger charge is 2.37. The van der Waals surface area contributed by atoms with Crippen LogP contribution in [0.25, 0.3) is 0 Å². The van der Waals surface area contributed by atoms with Crippen molar-refractivity contribution in [3.05, 3.63) is 34.1 Å². The Morgan fingerprint density at radius 1 is 1.53 bits per heavy atom. The second-order valence-corrected chi connectivity index (χ2v) is 4.94. The van der Waals surface area contributed by atoms with Crippen LogP contribution in [0.3, 0.4) is 0 Å². The fourth-order valence-electron chi connectivity index (χ4n) is 1.95. The SMILES string of the molecule is CCNCC1CC1c1ccc(Br)c(F)c1. The van der Waals surface area contributed by atoms with Crippen molar-refractivity contribution in [1.29, 1.82) is 0 Å². The Balaban J connectivity index is 1.98. The van der Waals surface area contributed by atoms with E-state index in [1.54, 1.807) is 12.1 Å². The molecule has 1 fully saturated rings. The second kappa shape index (κ2) is 4.62. The number of rotatable bonds is 4. The van der Waals surface area contributed by atoms with Crippen molar-refractivity contribution in [2.45, 2.75) is 19.3 Å². The predicted molar refractivity (Wildman–Crippen MR) is 63.5 cm³/mol. The van der Waals surface area contributed by atoms with Crippen LogP contribution >= 0.6 is 15.9 Å². The van der Waals surface area contributed by atoms with Gasteiger partial charge in [-0.2, -0.15) is 0 Å². The number of hydrogen-bond donors (Lipinski definition) is 1. The Bertz CT molecular complexity index is 353. The minimum atomic E-state index is -0.151. The third kappa shape index (κ3) is 2.58. The molecular formula is C12H15BrFN. The maximum Gasteiger partial charge on any atom is 0.137 e. The van der Waals surface area contributed by atoms with Gasteiger partial charge in [-0.25, -0.2) is 4.39 Å². The fourth-order valence-corrected chi connectivity index (χ4v) is 2.20. The van der Waals surface area contributed by atoms with E-state index in [-0.39, 0.29) is 5.82 Å². The smallest absolute Gasteiger partial charge is 0.137 e. The maximum absolute atomic E-state index is 13.3. The molecule has 3 heteroatoms. The zero-order valence-corrected chi connectivity index (χ0v) is 10.3. The summed E-state index contributed by atoms with van der Waals surface area (Å²) in [5.74, 6) is 1.11. The molecule has 0 spiro atoms. The van der Waals surface area contributed by atoms with Gasteiger partial charge in [0, 0.05) is 0 Å². The third-order valence-corrected chi connectivity index (χ3v) is 3.59. The minimum absolute atomic E-state index is 0.151. The zero-order chi connectivity index (χ0) is 10.8. The van der Waals surface area contributed by atoms with Crippen LogP contribution in [0.5, 0.6) is 0 Å². The first-order chi connectivity index (χ1) is 7.22. The van der Waals surface area contributed by atoms with E-state index in [9.17, 15) is 4.39 Å². The molecule has 1 aromatic carbocycles. The summed E-state index contributed by atoms with van der Waals surface area (Å²) in [4.78, 5) is 0. The van der Waals surface area contributed by atoms with Crippen molar-refractivity contribution in [2.24, 2.45) is 5.92 Å². The van der Waals surface area contributed by atoms with E-state index in [1.807, 2.05) is 6.07 Å². The van der Waals surface area contributed by atoms with Crippen molar-refractivity contribution in [2.75, 3.05) is 13.1 Å². The summed E-state index contributed by atoms with van der Waals surface area (Å²) in [5.41, 5.74) is 1.14. The average Bonchev–Trinajstić information content (AvgIpc) is 2.98. The Labute approximate surface area is 98.2 Å². The molecule has 0 aliphatic heterocycles. The van der Waals surface area contributed by atoms with Gasteiger partial charge in [0.15, 0.2) is 0 Å². The van der Waals surface area contributed by atoms with E-state index in [2.05, 4.69) is 28.2 Å². The lowest BCUT2D eigenvalue weighted by Crippen LogP contribution is -2.16. The number of benzene rings is 1. The molecule has 1 aliphatic carbocycles. The average molecular weight is 272 g/mol. The van der Waals surface area contributed by atoms with E-state index in [4.69, 9.17) is 0 Å². The molecule has 0 bridgehead atoms. The Morgan fingerprint density at radius 2 is 2.33 bits per heavy atom. The normalized spacial score (nSPS) is 24.2. The highest BCUT2D eigenvalue weighted by molar-refractivity contribution is 9.10. The Kier molecular flexibility index (Phi) is 3.42. The summed E-state index contributed by atoms with van der Waals surface area (Å²) in [7, 11) is 0. The predicted octanol–water partition coefficient (Wildman–Crippen LogP) is 3.30. The van der Waals surface area contributed by atoms with Crippen molar-refractivity contribution < 1.29 is 4.39 Å². The molecule has 1 aliphatic rings. The molecule has 1 nitrogen and oxygen atoms in total. The Hall–Kier alpha value is -0.410. The molecule has 15 heavy (non-hydrogen) atoms. The van der Waals surface area contributed by atoms with Crippen LogP contribution in [-0.4, -0.2) is 13.1 Å². The van der Waals surface area contributed by atoms with E-state index in [1.165, 1.54) is 6.42 Å². The zero-order valence-electron chi connectivity index (χ0n) is 8.76. The van der Waals surface area contributed by atoms with Gasteiger partial charge in [0.2, 0.25) is 0 Å².